The lowest BCUT2D eigenvalue weighted by Crippen LogP contribution is -2.42. The van der Waals surface area contributed by atoms with Crippen molar-refractivity contribution in [2.45, 2.75) is 39.2 Å². The number of ether oxygens (including phenoxy) is 1. The Hall–Kier alpha value is -2.63. The van der Waals surface area contributed by atoms with Crippen LogP contribution in [0.4, 0.5) is 0 Å². The summed E-state index contributed by atoms with van der Waals surface area (Å²) in [7, 11) is 1.32. The van der Waals surface area contributed by atoms with Crippen molar-refractivity contribution in [3.63, 3.8) is 0 Å². The van der Waals surface area contributed by atoms with Gasteiger partial charge in [-0.2, -0.15) is 0 Å². The summed E-state index contributed by atoms with van der Waals surface area (Å²) in [6, 6.07) is 9.02. The third-order valence-corrected chi connectivity index (χ3v) is 3.71. The average Bonchev–Trinajstić information content (AvgIpc) is 3.08. The zero-order valence-corrected chi connectivity index (χ0v) is 14.8. The van der Waals surface area contributed by atoms with Crippen molar-refractivity contribution < 1.29 is 18.7 Å². The molecule has 0 saturated carbocycles. The third-order valence-electron chi connectivity index (χ3n) is 3.71. The number of hydrogen-bond acceptors (Lipinski definition) is 5. The van der Waals surface area contributed by atoms with Crippen LogP contribution in [0.3, 0.4) is 0 Å². The largest absolute Gasteiger partial charge is 0.467 e. The van der Waals surface area contributed by atoms with E-state index >= 15 is 0 Å². The Morgan fingerprint density at radius 3 is 2.60 bits per heavy atom. The monoisotopic (exact) mass is 344 g/mol. The van der Waals surface area contributed by atoms with Gasteiger partial charge in [0, 0.05) is 18.4 Å². The molecule has 25 heavy (non-hydrogen) atoms. The molecular formula is C19H24N2O4. The van der Waals surface area contributed by atoms with Crippen LogP contribution in [-0.4, -0.2) is 30.0 Å². The van der Waals surface area contributed by atoms with E-state index in [2.05, 4.69) is 10.3 Å². The maximum atomic E-state index is 12.1. The minimum Gasteiger partial charge on any atom is -0.467 e. The SMILES string of the molecule is COC(=O)C(CC(C)C)NC(=O)CCc1ncc(-c2ccccc2)o1. The summed E-state index contributed by atoms with van der Waals surface area (Å²) >= 11 is 0. The Bertz CT molecular complexity index is 694. The van der Waals surface area contributed by atoms with Crippen LogP contribution in [0.5, 0.6) is 0 Å². The molecule has 0 aliphatic heterocycles. The van der Waals surface area contributed by atoms with E-state index in [1.165, 1.54) is 7.11 Å². The second-order valence-corrected chi connectivity index (χ2v) is 6.26. The van der Waals surface area contributed by atoms with E-state index in [4.69, 9.17) is 9.15 Å². The van der Waals surface area contributed by atoms with Gasteiger partial charge in [-0.15, -0.1) is 0 Å². The van der Waals surface area contributed by atoms with Crippen molar-refractivity contribution in [2.24, 2.45) is 5.92 Å². The molecule has 1 unspecified atom stereocenters. The van der Waals surface area contributed by atoms with Gasteiger partial charge in [0.25, 0.3) is 0 Å². The molecule has 1 heterocycles. The van der Waals surface area contributed by atoms with E-state index in [-0.39, 0.29) is 18.2 Å². The molecular weight excluding hydrogens is 320 g/mol. The predicted molar refractivity (Wildman–Crippen MR) is 93.7 cm³/mol. The van der Waals surface area contributed by atoms with Crippen LogP contribution in [0, 0.1) is 5.92 Å². The zero-order valence-electron chi connectivity index (χ0n) is 14.8. The van der Waals surface area contributed by atoms with Crippen molar-refractivity contribution in [1.29, 1.82) is 0 Å². The molecule has 1 N–H and O–H groups in total. The van der Waals surface area contributed by atoms with Gasteiger partial charge in [-0.1, -0.05) is 44.2 Å². The van der Waals surface area contributed by atoms with Crippen LogP contribution < -0.4 is 5.32 Å². The van der Waals surface area contributed by atoms with Crippen LogP contribution in [-0.2, 0) is 20.7 Å². The van der Waals surface area contributed by atoms with Crippen LogP contribution in [0.25, 0.3) is 11.3 Å². The Labute approximate surface area is 147 Å². The van der Waals surface area contributed by atoms with E-state index in [1.54, 1.807) is 6.20 Å². The maximum absolute atomic E-state index is 12.1. The highest BCUT2D eigenvalue weighted by Gasteiger charge is 2.22. The number of nitrogens with one attached hydrogen (secondary N) is 1. The number of hydrogen-bond donors (Lipinski definition) is 1. The molecule has 134 valence electrons. The summed E-state index contributed by atoms with van der Waals surface area (Å²) in [4.78, 5) is 28.1. The Morgan fingerprint density at radius 2 is 1.96 bits per heavy atom. The van der Waals surface area contributed by atoms with Crippen molar-refractivity contribution in [2.75, 3.05) is 7.11 Å². The van der Waals surface area contributed by atoms with Crippen LogP contribution in [0.15, 0.2) is 40.9 Å². The molecule has 0 saturated heterocycles. The standard InChI is InChI=1S/C19H24N2O4/c1-13(2)11-15(19(23)24-3)21-17(22)9-10-18-20-12-16(25-18)14-7-5-4-6-8-14/h4-8,12-13,15H,9-11H2,1-3H3,(H,21,22). The van der Waals surface area contributed by atoms with Crippen molar-refractivity contribution in [1.82, 2.24) is 10.3 Å². The molecule has 2 aromatic rings. The van der Waals surface area contributed by atoms with Crippen LogP contribution in [0.1, 0.15) is 32.6 Å². The van der Waals surface area contributed by atoms with Gasteiger partial charge in [-0.3, -0.25) is 4.79 Å². The summed E-state index contributed by atoms with van der Waals surface area (Å²) in [5.41, 5.74) is 0.938. The lowest BCUT2D eigenvalue weighted by Gasteiger charge is -2.18. The molecule has 1 atom stereocenters. The number of methoxy groups -OCH3 is 1. The van der Waals surface area contributed by atoms with Gasteiger partial charge in [-0.25, -0.2) is 9.78 Å². The lowest BCUT2D eigenvalue weighted by molar-refractivity contribution is -0.145. The molecule has 0 radical (unpaired) electrons. The summed E-state index contributed by atoms with van der Waals surface area (Å²) in [6.45, 7) is 3.97. The van der Waals surface area contributed by atoms with Gasteiger partial charge in [0.1, 0.15) is 6.04 Å². The highest BCUT2D eigenvalue weighted by molar-refractivity contribution is 5.84. The topological polar surface area (TPSA) is 81.4 Å². The van der Waals surface area contributed by atoms with Gasteiger partial charge in [-0.05, 0) is 12.3 Å². The minimum atomic E-state index is -0.623. The van der Waals surface area contributed by atoms with E-state index < -0.39 is 12.0 Å². The van der Waals surface area contributed by atoms with Crippen LogP contribution in [0.2, 0.25) is 0 Å². The number of amides is 1. The number of benzene rings is 1. The Balaban J connectivity index is 1.89. The van der Waals surface area contributed by atoms with Crippen molar-refractivity contribution >= 4 is 11.9 Å². The van der Waals surface area contributed by atoms with Crippen molar-refractivity contribution in [3.8, 4) is 11.3 Å². The first-order valence-corrected chi connectivity index (χ1v) is 8.37. The fourth-order valence-corrected chi connectivity index (χ4v) is 2.48. The number of carbonyl (C=O) groups excluding carboxylic acids is 2. The fourth-order valence-electron chi connectivity index (χ4n) is 2.48. The number of esters is 1. The number of rotatable bonds is 8. The second-order valence-electron chi connectivity index (χ2n) is 6.26. The summed E-state index contributed by atoms with van der Waals surface area (Å²) in [5, 5.41) is 2.72. The van der Waals surface area contributed by atoms with Gasteiger partial charge in [0.2, 0.25) is 5.91 Å². The van der Waals surface area contributed by atoms with Gasteiger partial charge in [0.15, 0.2) is 11.7 Å². The molecule has 1 amide bonds. The highest BCUT2D eigenvalue weighted by atomic mass is 16.5. The molecule has 1 aromatic carbocycles. The molecule has 0 spiro atoms. The van der Waals surface area contributed by atoms with E-state index in [0.717, 1.165) is 5.56 Å². The zero-order chi connectivity index (χ0) is 18.2. The highest BCUT2D eigenvalue weighted by Crippen LogP contribution is 2.20. The number of carbonyl (C=O) groups is 2. The first-order chi connectivity index (χ1) is 12.0. The number of aromatic nitrogens is 1. The maximum Gasteiger partial charge on any atom is 0.328 e. The predicted octanol–water partition coefficient (Wildman–Crippen LogP) is 2.98. The first-order valence-electron chi connectivity index (χ1n) is 8.37. The summed E-state index contributed by atoms with van der Waals surface area (Å²) in [6.07, 6.45) is 2.75. The molecule has 0 aliphatic carbocycles. The summed E-state index contributed by atoms with van der Waals surface area (Å²) in [5.74, 6) is 0.778. The normalized spacial score (nSPS) is 12.0. The Kier molecular flexibility index (Phi) is 6.74. The fraction of sp³-hybridized carbons (Fsp3) is 0.421. The quantitative estimate of drug-likeness (QED) is 0.745. The molecule has 0 fully saturated rings. The lowest BCUT2D eigenvalue weighted by atomic mass is 10.0. The van der Waals surface area contributed by atoms with E-state index in [9.17, 15) is 9.59 Å². The smallest absolute Gasteiger partial charge is 0.328 e. The first kappa shape index (κ1) is 18.7. The van der Waals surface area contributed by atoms with Gasteiger partial charge < -0.3 is 14.5 Å². The number of oxazole rings is 1. The van der Waals surface area contributed by atoms with Crippen LogP contribution >= 0.6 is 0 Å². The summed E-state index contributed by atoms with van der Waals surface area (Å²) < 4.78 is 10.4. The van der Waals surface area contributed by atoms with Gasteiger partial charge >= 0.3 is 5.97 Å². The number of aryl methyl sites for hydroxylation is 1. The van der Waals surface area contributed by atoms with Crippen molar-refractivity contribution in [3.05, 3.63) is 42.4 Å². The average molecular weight is 344 g/mol. The molecule has 6 heteroatoms. The minimum absolute atomic E-state index is 0.195. The molecule has 0 bridgehead atoms. The van der Waals surface area contributed by atoms with Gasteiger partial charge in [0.05, 0.1) is 13.3 Å². The Morgan fingerprint density at radius 1 is 1.24 bits per heavy atom. The second kappa shape index (κ2) is 9.01. The van der Waals surface area contributed by atoms with E-state index in [0.29, 0.717) is 24.5 Å². The third kappa shape index (κ3) is 5.74. The van der Waals surface area contributed by atoms with E-state index in [1.807, 2.05) is 44.2 Å². The molecule has 2 rings (SSSR count). The molecule has 1 aromatic heterocycles. The number of nitrogens with zero attached hydrogens (tertiary/aromatic N) is 1. The molecule has 6 nitrogen and oxygen atoms in total. The molecule has 0 aliphatic rings.